The Balaban J connectivity index is 0.000000322. The molecule has 2 aromatic heterocycles. The van der Waals surface area contributed by atoms with E-state index in [0.29, 0.717) is 0 Å². The largest absolute Gasteiger partial charge is 0.512 e. The van der Waals surface area contributed by atoms with Crippen LogP contribution < -0.4 is 4.40 Å². The van der Waals surface area contributed by atoms with Gasteiger partial charge in [0.25, 0.3) is 0 Å². The molecule has 253 valence electrons. The number of thiophene rings is 1. The van der Waals surface area contributed by atoms with E-state index in [-0.39, 0.29) is 48.9 Å². The van der Waals surface area contributed by atoms with Gasteiger partial charge < -0.3 is 5.11 Å². The number of ketones is 1. The van der Waals surface area contributed by atoms with E-state index in [9.17, 15) is 9.90 Å². The van der Waals surface area contributed by atoms with Crippen LogP contribution in [0.15, 0.2) is 66.7 Å². The summed E-state index contributed by atoms with van der Waals surface area (Å²) in [6, 6.07) is 21.5. The molecule has 0 aliphatic carbocycles. The van der Waals surface area contributed by atoms with Gasteiger partial charge in [-0.2, -0.15) is 0 Å². The average Bonchev–Trinajstić information content (AvgIpc) is 3.39. The number of fused-ring (bicyclic) bond motifs is 4. The van der Waals surface area contributed by atoms with Gasteiger partial charge in [0, 0.05) is 38.0 Å². The molecule has 47 heavy (non-hydrogen) atoms. The molecule has 0 unspecified atom stereocenters. The number of aliphatic hydroxyl groups excluding tert-OH is 1. The second kappa shape index (κ2) is 16.3. The number of carbonyl (C=O) groups is 1. The van der Waals surface area contributed by atoms with Crippen LogP contribution in [0.25, 0.3) is 42.3 Å². The maximum absolute atomic E-state index is 11.7. The smallest absolute Gasteiger partial charge is 0.162 e. The van der Waals surface area contributed by atoms with Gasteiger partial charge in [0.2, 0.25) is 0 Å². The third kappa shape index (κ3) is 9.00. The standard InChI is InChI=1S/C27H27GeN2S.C13H24O2.Ir/c1-27(2,3)22-14-18(13-17-9-7-8-10-20(17)22)24-26-25(30-16-29-24)21-12-11-19(28(4,5)6)15-23(21)31-26;1-5-10(6-2)12(14)9-13(15)11(7-3)8-4;/h7-12,14-16H,1-6H3;9-11,14H,5-8H2,1-4H3;/q-1;;/b;12-9-;. The number of aliphatic hydroxyl groups is 1. The molecule has 0 fully saturated rings. The van der Waals surface area contributed by atoms with E-state index >= 15 is 0 Å². The molecule has 7 heteroatoms. The normalized spacial score (nSPS) is 12.5. The fourth-order valence-electron chi connectivity index (χ4n) is 5.99. The van der Waals surface area contributed by atoms with Gasteiger partial charge in [-0.1, -0.05) is 27.7 Å². The predicted molar refractivity (Wildman–Crippen MR) is 202 cm³/mol. The minimum Gasteiger partial charge on any atom is -0.512 e. The third-order valence-electron chi connectivity index (χ3n) is 9.04. The van der Waals surface area contributed by atoms with E-state index < -0.39 is 13.3 Å². The number of allylic oxidation sites excluding steroid dienone is 2. The Bertz CT molecular complexity index is 1860. The van der Waals surface area contributed by atoms with Crippen molar-refractivity contribution < 1.29 is 30.0 Å². The Morgan fingerprint density at radius 2 is 1.55 bits per heavy atom. The molecule has 0 aliphatic heterocycles. The summed E-state index contributed by atoms with van der Waals surface area (Å²) in [5.74, 6) is 7.87. The first-order chi connectivity index (χ1) is 21.7. The number of carbonyl (C=O) groups excluding carboxylic acids is 1. The zero-order valence-corrected chi connectivity index (χ0v) is 35.1. The molecule has 5 aromatic rings. The van der Waals surface area contributed by atoms with Gasteiger partial charge in [-0.05, 0) is 25.7 Å². The molecule has 5 rings (SSSR count). The summed E-state index contributed by atoms with van der Waals surface area (Å²) >= 11 is -0.0756. The van der Waals surface area contributed by atoms with Crippen LogP contribution in [0, 0.1) is 17.9 Å². The molecule has 0 saturated carbocycles. The maximum Gasteiger partial charge on any atom is 0.162 e. The van der Waals surface area contributed by atoms with Gasteiger partial charge in [-0.25, -0.2) is 0 Å². The Kier molecular flexibility index (Phi) is 13.6. The summed E-state index contributed by atoms with van der Waals surface area (Å²) in [5.41, 5.74) is 4.45. The quantitative estimate of drug-likeness (QED) is 0.0693. The van der Waals surface area contributed by atoms with Crippen molar-refractivity contribution in [2.24, 2.45) is 11.8 Å². The first kappa shape index (κ1) is 39.1. The predicted octanol–water partition coefficient (Wildman–Crippen LogP) is 11.2. The summed E-state index contributed by atoms with van der Waals surface area (Å²) in [7, 11) is 0. The monoisotopic (exact) mass is 890 g/mol. The van der Waals surface area contributed by atoms with Crippen molar-refractivity contribution >= 4 is 65.9 Å². The van der Waals surface area contributed by atoms with Crippen molar-refractivity contribution in [3.05, 3.63) is 78.3 Å². The molecule has 1 N–H and O–H groups in total. The molecule has 0 atom stereocenters. The van der Waals surface area contributed by atoms with E-state index in [1.807, 2.05) is 39.0 Å². The summed E-state index contributed by atoms with van der Waals surface area (Å²) in [6.07, 6.45) is 6.61. The van der Waals surface area contributed by atoms with Crippen LogP contribution in [-0.4, -0.2) is 34.1 Å². The van der Waals surface area contributed by atoms with Gasteiger partial charge in [0.1, 0.15) is 0 Å². The van der Waals surface area contributed by atoms with Gasteiger partial charge >= 0.3 is 191 Å². The second-order valence-corrected chi connectivity index (χ2v) is 26.1. The van der Waals surface area contributed by atoms with Crippen molar-refractivity contribution in [3.8, 4) is 11.3 Å². The molecular weight excluding hydrogens is 837 g/mol. The van der Waals surface area contributed by atoms with Crippen LogP contribution in [0.1, 0.15) is 79.7 Å². The molecule has 2 heterocycles. The van der Waals surface area contributed by atoms with Crippen LogP contribution in [0.5, 0.6) is 0 Å². The van der Waals surface area contributed by atoms with Crippen LogP contribution >= 0.6 is 11.3 Å². The fourth-order valence-corrected chi connectivity index (χ4v) is 9.84. The van der Waals surface area contributed by atoms with Gasteiger partial charge in [0.15, 0.2) is 5.78 Å². The molecule has 0 bridgehead atoms. The summed E-state index contributed by atoms with van der Waals surface area (Å²) < 4.78 is 4.00. The van der Waals surface area contributed by atoms with Crippen molar-refractivity contribution in [2.75, 3.05) is 0 Å². The summed E-state index contributed by atoms with van der Waals surface area (Å²) in [4.78, 5) is 21.2. The van der Waals surface area contributed by atoms with E-state index in [1.54, 1.807) is 6.33 Å². The number of nitrogens with zero attached hydrogens (tertiary/aromatic N) is 2. The number of benzene rings is 3. The van der Waals surface area contributed by atoms with Crippen LogP contribution in [0.4, 0.5) is 0 Å². The van der Waals surface area contributed by atoms with Crippen LogP contribution in [-0.2, 0) is 30.3 Å². The summed E-state index contributed by atoms with van der Waals surface area (Å²) in [6.45, 7) is 14.9. The van der Waals surface area contributed by atoms with Crippen LogP contribution in [0.2, 0.25) is 17.3 Å². The van der Waals surface area contributed by atoms with Gasteiger partial charge in [0.05, 0.1) is 5.76 Å². The molecule has 4 nitrogen and oxygen atoms in total. The Hall–Kier alpha value is -2.38. The number of hydrogen-bond donors (Lipinski definition) is 1. The third-order valence-corrected chi connectivity index (χ3v) is 14.5. The Morgan fingerprint density at radius 3 is 2.15 bits per heavy atom. The van der Waals surface area contributed by atoms with E-state index in [4.69, 9.17) is 4.98 Å². The minimum atomic E-state index is -1.89. The number of aromatic nitrogens is 2. The first-order valence-electron chi connectivity index (χ1n) is 16.8. The molecule has 0 saturated heterocycles. The topological polar surface area (TPSA) is 63.1 Å². The fraction of sp³-hybridized carbons (Fsp3) is 0.425. The summed E-state index contributed by atoms with van der Waals surface area (Å²) in [5, 5.41) is 13.4. The molecule has 1 radical (unpaired) electrons. The van der Waals surface area contributed by atoms with E-state index in [1.165, 1.54) is 31.5 Å². The first-order valence-corrected chi connectivity index (χ1v) is 25.0. The molecule has 0 aliphatic rings. The molecule has 0 spiro atoms. The zero-order chi connectivity index (χ0) is 33.8. The zero-order valence-electron chi connectivity index (χ0n) is 29.7. The van der Waals surface area contributed by atoms with Gasteiger partial charge in [-0.15, -0.1) is 0 Å². The Morgan fingerprint density at radius 1 is 0.915 bits per heavy atom. The number of rotatable bonds is 9. The minimum absolute atomic E-state index is 0. The van der Waals surface area contributed by atoms with Crippen molar-refractivity contribution in [1.82, 2.24) is 9.97 Å². The molecule has 0 amide bonds. The SMILES string of the molecule is CC(C)(C)c1cc(-c2ncnc3c2sc2c[c]([Ge]([CH3])([CH3])[CH3])ccc23)[c-]c2ccccc12.CCC(CC)C(=O)/C=C(\O)C(CC)CC.[Ir]. The van der Waals surface area contributed by atoms with Crippen molar-refractivity contribution in [3.63, 3.8) is 0 Å². The van der Waals surface area contributed by atoms with Gasteiger partial charge in [-0.3, -0.25) is 4.79 Å². The molecule has 3 aromatic carbocycles. The van der Waals surface area contributed by atoms with E-state index in [2.05, 4.69) is 97.6 Å². The number of hydrogen-bond acceptors (Lipinski definition) is 5. The van der Waals surface area contributed by atoms with Crippen molar-refractivity contribution in [1.29, 1.82) is 0 Å². The average molecular weight is 889 g/mol. The van der Waals surface area contributed by atoms with E-state index in [0.717, 1.165) is 52.5 Å². The second-order valence-electron chi connectivity index (χ2n) is 14.4. The molecular formula is C40H51GeIrN2O2S-. The van der Waals surface area contributed by atoms with Crippen molar-refractivity contribution in [2.45, 2.75) is 96.8 Å². The Labute approximate surface area is 302 Å². The maximum atomic E-state index is 11.7. The van der Waals surface area contributed by atoms with Crippen LogP contribution in [0.3, 0.4) is 0 Å².